The quantitative estimate of drug-likeness (QED) is 0.878. The highest BCUT2D eigenvalue weighted by atomic mass is 19.4. The monoisotopic (exact) mass is 381 g/mol. The van der Waals surface area contributed by atoms with E-state index in [1.807, 2.05) is 11.8 Å². The van der Waals surface area contributed by atoms with Crippen LogP contribution in [0.15, 0.2) is 30.5 Å². The van der Waals surface area contributed by atoms with Gasteiger partial charge in [0.2, 0.25) is 0 Å². The SMILES string of the molecule is CC(O)CN1CCN(c2cc(C(F)(F)F)nc(-c3ccccn3)n2)CC1C. The van der Waals surface area contributed by atoms with E-state index in [0.717, 1.165) is 6.07 Å². The molecule has 1 aliphatic rings. The van der Waals surface area contributed by atoms with Gasteiger partial charge in [0.25, 0.3) is 0 Å². The van der Waals surface area contributed by atoms with Crippen LogP contribution in [0.25, 0.3) is 11.5 Å². The summed E-state index contributed by atoms with van der Waals surface area (Å²) in [7, 11) is 0. The average molecular weight is 381 g/mol. The lowest BCUT2D eigenvalue weighted by Crippen LogP contribution is -2.53. The van der Waals surface area contributed by atoms with Crippen LogP contribution < -0.4 is 4.90 Å². The van der Waals surface area contributed by atoms with Gasteiger partial charge in [-0.2, -0.15) is 13.2 Å². The van der Waals surface area contributed by atoms with Gasteiger partial charge in [-0.15, -0.1) is 0 Å². The first-order valence-corrected chi connectivity index (χ1v) is 8.79. The van der Waals surface area contributed by atoms with Gasteiger partial charge < -0.3 is 10.0 Å². The van der Waals surface area contributed by atoms with Crippen LogP contribution in [0, 0.1) is 0 Å². The summed E-state index contributed by atoms with van der Waals surface area (Å²) in [5.74, 6) is 0.195. The number of aliphatic hydroxyl groups is 1. The number of β-amino-alcohol motifs (C(OH)–C–C–N with tert-alkyl or cyclic N) is 1. The number of hydrogen-bond acceptors (Lipinski definition) is 6. The number of nitrogens with zero attached hydrogens (tertiary/aromatic N) is 5. The van der Waals surface area contributed by atoms with Gasteiger partial charge in [0.1, 0.15) is 11.5 Å². The normalized spacial score (nSPS) is 19.9. The Morgan fingerprint density at radius 2 is 2.04 bits per heavy atom. The number of hydrogen-bond donors (Lipinski definition) is 1. The largest absolute Gasteiger partial charge is 0.433 e. The van der Waals surface area contributed by atoms with Crippen molar-refractivity contribution in [3.05, 3.63) is 36.2 Å². The summed E-state index contributed by atoms with van der Waals surface area (Å²) in [6, 6.07) is 6.02. The maximum atomic E-state index is 13.3. The number of piperazine rings is 1. The van der Waals surface area contributed by atoms with Crippen LogP contribution >= 0.6 is 0 Å². The number of aromatic nitrogens is 3. The predicted molar refractivity (Wildman–Crippen MR) is 95.2 cm³/mol. The summed E-state index contributed by atoms with van der Waals surface area (Å²) in [5, 5.41) is 9.59. The molecule has 1 fully saturated rings. The molecule has 0 bridgehead atoms. The van der Waals surface area contributed by atoms with E-state index in [9.17, 15) is 18.3 Å². The Kier molecular flexibility index (Phi) is 5.61. The van der Waals surface area contributed by atoms with E-state index in [2.05, 4.69) is 19.9 Å². The van der Waals surface area contributed by atoms with Gasteiger partial charge in [-0.3, -0.25) is 9.88 Å². The number of aliphatic hydroxyl groups excluding tert-OH is 1. The van der Waals surface area contributed by atoms with Crippen LogP contribution in [-0.4, -0.2) is 63.3 Å². The molecule has 9 heteroatoms. The Balaban J connectivity index is 1.91. The molecule has 2 aromatic rings. The van der Waals surface area contributed by atoms with Crippen molar-refractivity contribution in [1.29, 1.82) is 0 Å². The van der Waals surface area contributed by atoms with Crippen molar-refractivity contribution in [2.45, 2.75) is 32.2 Å². The zero-order chi connectivity index (χ0) is 19.6. The summed E-state index contributed by atoms with van der Waals surface area (Å²) < 4.78 is 40.0. The molecule has 27 heavy (non-hydrogen) atoms. The molecule has 0 aliphatic carbocycles. The molecule has 0 amide bonds. The molecular weight excluding hydrogens is 359 g/mol. The third-order valence-corrected chi connectivity index (χ3v) is 4.48. The molecule has 2 aromatic heterocycles. The van der Waals surface area contributed by atoms with Crippen LogP contribution in [-0.2, 0) is 6.18 Å². The highest BCUT2D eigenvalue weighted by Crippen LogP contribution is 2.32. The molecule has 0 aromatic carbocycles. The maximum Gasteiger partial charge on any atom is 0.433 e. The zero-order valence-electron chi connectivity index (χ0n) is 15.2. The summed E-state index contributed by atoms with van der Waals surface area (Å²) in [6.07, 6.45) is -3.53. The van der Waals surface area contributed by atoms with Crippen molar-refractivity contribution < 1.29 is 18.3 Å². The Bertz CT molecular complexity index is 769. The summed E-state index contributed by atoms with van der Waals surface area (Å²) in [6.45, 7) is 5.91. The predicted octanol–water partition coefficient (Wildman–Crippen LogP) is 2.45. The molecule has 146 valence electrons. The van der Waals surface area contributed by atoms with Gasteiger partial charge in [-0.05, 0) is 26.0 Å². The van der Waals surface area contributed by atoms with E-state index in [-0.39, 0.29) is 17.7 Å². The fourth-order valence-corrected chi connectivity index (χ4v) is 3.17. The van der Waals surface area contributed by atoms with Crippen LogP contribution in [0.2, 0.25) is 0 Å². The molecule has 0 spiro atoms. The van der Waals surface area contributed by atoms with E-state index in [1.54, 1.807) is 25.1 Å². The third-order valence-electron chi connectivity index (χ3n) is 4.48. The first-order chi connectivity index (χ1) is 12.7. The van der Waals surface area contributed by atoms with Gasteiger partial charge >= 0.3 is 6.18 Å². The van der Waals surface area contributed by atoms with Gasteiger partial charge in [0, 0.05) is 44.5 Å². The lowest BCUT2D eigenvalue weighted by molar-refractivity contribution is -0.141. The minimum atomic E-state index is -4.57. The molecular formula is C18H22F3N5O. The summed E-state index contributed by atoms with van der Waals surface area (Å²) in [5.41, 5.74) is -0.683. The summed E-state index contributed by atoms with van der Waals surface area (Å²) >= 11 is 0. The minimum absolute atomic E-state index is 0.0421. The van der Waals surface area contributed by atoms with Crippen molar-refractivity contribution >= 4 is 5.82 Å². The molecule has 1 N–H and O–H groups in total. The van der Waals surface area contributed by atoms with E-state index >= 15 is 0 Å². The zero-order valence-corrected chi connectivity index (χ0v) is 15.2. The van der Waals surface area contributed by atoms with Crippen LogP contribution in [0.5, 0.6) is 0 Å². The maximum absolute atomic E-state index is 13.3. The first kappa shape index (κ1) is 19.5. The second kappa shape index (κ2) is 7.77. The molecule has 1 aliphatic heterocycles. The number of alkyl halides is 3. The second-order valence-corrected chi connectivity index (χ2v) is 6.79. The number of halogens is 3. The fourth-order valence-electron chi connectivity index (χ4n) is 3.17. The summed E-state index contributed by atoms with van der Waals surface area (Å²) in [4.78, 5) is 16.0. The average Bonchev–Trinajstić information content (AvgIpc) is 2.63. The van der Waals surface area contributed by atoms with Gasteiger partial charge in [-0.1, -0.05) is 6.07 Å². The van der Waals surface area contributed by atoms with E-state index in [4.69, 9.17) is 0 Å². The molecule has 2 unspecified atom stereocenters. The Labute approximate surface area is 155 Å². The minimum Gasteiger partial charge on any atom is -0.392 e. The molecule has 1 saturated heterocycles. The van der Waals surface area contributed by atoms with Gasteiger partial charge in [-0.25, -0.2) is 9.97 Å². The number of rotatable bonds is 4. The van der Waals surface area contributed by atoms with Gasteiger partial charge in [0.15, 0.2) is 11.5 Å². The fraction of sp³-hybridized carbons (Fsp3) is 0.500. The van der Waals surface area contributed by atoms with E-state index in [0.29, 0.717) is 31.9 Å². The molecule has 3 heterocycles. The Morgan fingerprint density at radius 1 is 1.26 bits per heavy atom. The number of pyridine rings is 1. The Morgan fingerprint density at radius 3 is 2.63 bits per heavy atom. The van der Waals surface area contributed by atoms with Crippen LogP contribution in [0.3, 0.4) is 0 Å². The second-order valence-electron chi connectivity index (χ2n) is 6.79. The smallest absolute Gasteiger partial charge is 0.392 e. The Hall–Kier alpha value is -2.26. The highest BCUT2D eigenvalue weighted by Gasteiger charge is 2.35. The molecule has 0 radical (unpaired) electrons. The number of anilines is 1. The molecule has 3 rings (SSSR count). The third kappa shape index (κ3) is 4.72. The topological polar surface area (TPSA) is 65.4 Å². The van der Waals surface area contributed by atoms with Crippen LogP contribution in [0.4, 0.5) is 19.0 Å². The molecule has 0 saturated carbocycles. The lowest BCUT2D eigenvalue weighted by atomic mass is 10.1. The van der Waals surface area contributed by atoms with Crippen molar-refractivity contribution in [1.82, 2.24) is 19.9 Å². The van der Waals surface area contributed by atoms with Gasteiger partial charge in [0.05, 0.1) is 6.10 Å². The highest BCUT2D eigenvalue weighted by molar-refractivity contribution is 5.54. The van der Waals surface area contributed by atoms with Crippen molar-refractivity contribution in [2.75, 3.05) is 31.1 Å². The molecule has 6 nitrogen and oxygen atoms in total. The van der Waals surface area contributed by atoms with Crippen molar-refractivity contribution in [3.63, 3.8) is 0 Å². The van der Waals surface area contributed by atoms with Crippen LogP contribution in [0.1, 0.15) is 19.5 Å². The lowest BCUT2D eigenvalue weighted by Gasteiger charge is -2.41. The molecule has 2 atom stereocenters. The van der Waals surface area contributed by atoms with E-state index < -0.39 is 18.0 Å². The van der Waals surface area contributed by atoms with E-state index in [1.165, 1.54) is 6.20 Å². The first-order valence-electron chi connectivity index (χ1n) is 8.79. The van der Waals surface area contributed by atoms with Crippen molar-refractivity contribution in [2.24, 2.45) is 0 Å². The standard InChI is InChI=1S/C18H22F3N5O/c1-12-10-26(8-7-25(12)11-13(2)27)16-9-15(18(19,20)21)23-17(24-16)14-5-3-4-6-22-14/h3-6,9,12-13,27H,7-8,10-11H2,1-2H3. The van der Waals surface area contributed by atoms with Crippen molar-refractivity contribution in [3.8, 4) is 11.5 Å².